The largest absolute Gasteiger partial charge is 0.357 e. The fourth-order valence-corrected chi connectivity index (χ4v) is 3.40. The van der Waals surface area contributed by atoms with Gasteiger partial charge >= 0.3 is 0 Å². The normalized spacial score (nSPS) is 20.0. The molecule has 0 unspecified atom stereocenters. The average molecular weight is 366 g/mol. The molecule has 1 aromatic carbocycles. The Labute approximate surface area is 159 Å². The molecule has 1 aliphatic heterocycles. The third-order valence-corrected chi connectivity index (χ3v) is 4.68. The summed E-state index contributed by atoms with van der Waals surface area (Å²) in [4.78, 5) is 29.8. The van der Waals surface area contributed by atoms with Gasteiger partial charge in [-0.1, -0.05) is 42.5 Å². The van der Waals surface area contributed by atoms with Crippen LogP contribution in [0.1, 0.15) is 29.4 Å². The molecule has 0 bridgehead atoms. The zero-order valence-corrected chi connectivity index (χ0v) is 15.5. The van der Waals surface area contributed by atoms with Crippen molar-refractivity contribution in [3.05, 3.63) is 66.0 Å². The molecule has 27 heavy (non-hydrogen) atoms. The number of rotatable bonds is 7. The van der Waals surface area contributed by atoms with Crippen LogP contribution in [-0.2, 0) is 4.79 Å². The summed E-state index contributed by atoms with van der Waals surface area (Å²) in [5.41, 5.74) is 1.66. The van der Waals surface area contributed by atoms with E-state index in [1.807, 2.05) is 37.3 Å². The molecule has 3 N–H and O–H groups in total. The van der Waals surface area contributed by atoms with Crippen LogP contribution in [0.3, 0.4) is 0 Å². The molecule has 1 aliphatic rings. The lowest BCUT2D eigenvalue weighted by Crippen LogP contribution is -2.43. The Kier molecular flexibility index (Phi) is 6.44. The van der Waals surface area contributed by atoms with Crippen LogP contribution in [0.4, 0.5) is 0 Å². The molecule has 0 spiro atoms. The highest BCUT2D eigenvalue weighted by atomic mass is 16.2. The molecule has 6 heteroatoms. The summed E-state index contributed by atoms with van der Waals surface area (Å²) in [7, 11) is 0. The first-order valence-corrected chi connectivity index (χ1v) is 9.35. The number of nitrogens with zero attached hydrogens (tertiary/aromatic N) is 1. The van der Waals surface area contributed by atoms with Crippen molar-refractivity contribution < 1.29 is 9.59 Å². The van der Waals surface area contributed by atoms with Gasteiger partial charge in [0.15, 0.2) is 0 Å². The van der Waals surface area contributed by atoms with E-state index in [4.69, 9.17) is 0 Å². The van der Waals surface area contributed by atoms with Gasteiger partial charge in [-0.25, -0.2) is 0 Å². The van der Waals surface area contributed by atoms with Gasteiger partial charge < -0.3 is 15.6 Å². The lowest BCUT2D eigenvalue weighted by molar-refractivity contribution is -0.125. The molecule has 6 nitrogen and oxygen atoms in total. The third-order valence-electron chi connectivity index (χ3n) is 4.68. The number of amides is 2. The molecule has 0 aliphatic carbocycles. The van der Waals surface area contributed by atoms with Crippen LogP contribution < -0.4 is 10.6 Å². The minimum absolute atomic E-state index is 0.0160. The summed E-state index contributed by atoms with van der Waals surface area (Å²) in [6, 6.07) is 13.3. The highest BCUT2D eigenvalue weighted by Crippen LogP contribution is 2.19. The molecule has 1 saturated heterocycles. The number of hydrogen-bond donors (Lipinski definition) is 3. The highest BCUT2D eigenvalue weighted by Gasteiger charge is 2.36. The van der Waals surface area contributed by atoms with E-state index < -0.39 is 0 Å². The van der Waals surface area contributed by atoms with Gasteiger partial charge in [0.25, 0.3) is 5.91 Å². The van der Waals surface area contributed by atoms with Crippen molar-refractivity contribution in [2.24, 2.45) is 0 Å². The second kappa shape index (κ2) is 9.19. The lowest BCUT2D eigenvalue weighted by atomic mass is 10.1. The predicted octanol–water partition coefficient (Wildman–Crippen LogP) is 2.04. The lowest BCUT2D eigenvalue weighted by Gasteiger charge is -2.21. The number of likely N-dealkylation sites (N-methyl/N-ethyl adjacent to an activating group) is 1. The van der Waals surface area contributed by atoms with E-state index in [1.54, 1.807) is 18.3 Å². The minimum Gasteiger partial charge on any atom is -0.357 e. The van der Waals surface area contributed by atoms with E-state index >= 15 is 0 Å². The number of H-pyrrole nitrogens is 1. The number of aromatic nitrogens is 1. The first kappa shape index (κ1) is 18.9. The van der Waals surface area contributed by atoms with E-state index in [1.165, 1.54) is 0 Å². The van der Waals surface area contributed by atoms with Gasteiger partial charge in [-0.05, 0) is 31.0 Å². The summed E-state index contributed by atoms with van der Waals surface area (Å²) in [6.07, 6.45) is 6.45. The second-order valence-corrected chi connectivity index (χ2v) is 6.67. The van der Waals surface area contributed by atoms with Crippen molar-refractivity contribution in [3.63, 3.8) is 0 Å². The third kappa shape index (κ3) is 5.08. The Morgan fingerprint density at radius 2 is 2.04 bits per heavy atom. The number of benzene rings is 1. The van der Waals surface area contributed by atoms with Gasteiger partial charge in [-0.2, -0.15) is 0 Å². The standard InChI is InChI=1S/C21H26N4O2/c1-2-22-21(27)19-14-17(24-20(26)18-11-6-12-23-18)15-25(19)13-7-10-16-8-4-3-5-9-16/h3-12,17,19,23H,2,13-15H2,1H3,(H,22,27)(H,24,26)/t17-,19+/m1/s1. The van der Waals surface area contributed by atoms with Crippen LogP contribution in [0, 0.1) is 0 Å². The summed E-state index contributed by atoms with van der Waals surface area (Å²) in [5, 5.41) is 5.93. The Morgan fingerprint density at radius 1 is 1.22 bits per heavy atom. The molecule has 3 rings (SSSR count). The Morgan fingerprint density at radius 3 is 2.74 bits per heavy atom. The van der Waals surface area contributed by atoms with E-state index in [0.717, 1.165) is 5.56 Å². The van der Waals surface area contributed by atoms with Gasteiger partial charge in [-0.3, -0.25) is 14.5 Å². The number of carbonyl (C=O) groups excluding carboxylic acids is 2. The predicted molar refractivity (Wildman–Crippen MR) is 106 cm³/mol. The van der Waals surface area contributed by atoms with Crippen molar-refractivity contribution in [1.82, 2.24) is 20.5 Å². The molecule has 2 atom stereocenters. The molecule has 2 aromatic rings. The Bertz CT molecular complexity index is 771. The maximum absolute atomic E-state index is 12.5. The summed E-state index contributed by atoms with van der Waals surface area (Å²) < 4.78 is 0. The average Bonchev–Trinajstić information content (AvgIpc) is 3.33. The summed E-state index contributed by atoms with van der Waals surface area (Å²) in [5.74, 6) is -0.122. The maximum atomic E-state index is 12.5. The molecule has 0 radical (unpaired) electrons. The Hall–Kier alpha value is -2.86. The summed E-state index contributed by atoms with van der Waals surface area (Å²) >= 11 is 0. The van der Waals surface area contributed by atoms with Gasteiger partial charge in [0.05, 0.1) is 6.04 Å². The van der Waals surface area contributed by atoms with Crippen LogP contribution in [0.25, 0.3) is 6.08 Å². The van der Waals surface area contributed by atoms with Crippen molar-refractivity contribution in [2.45, 2.75) is 25.4 Å². The van der Waals surface area contributed by atoms with E-state index in [2.05, 4.69) is 32.7 Å². The number of aromatic amines is 1. The van der Waals surface area contributed by atoms with Crippen molar-refractivity contribution >= 4 is 17.9 Å². The smallest absolute Gasteiger partial charge is 0.267 e. The van der Waals surface area contributed by atoms with Gasteiger partial charge in [0.2, 0.25) is 5.91 Å². The molecule has 1 aromatic heterocycles. The number of likely N-dealkylation sites (tertiary alicyclic amines) is 1. The van der Waals surface area contributed by atoms with Gasteiger partial charge in [-0.15, -0.1) is 0 Å². The molecule has 2 amide bonds. The van der Waals surface area contributed by atoms with Crippen LogP contribution >= 0.6 is 0 Å². The van der Waals surface area contributed by atoms with Gasteiger partial charge in [0.1, 0.15) is 5.69 Å². The number of carbonyl (C=O) groups is 2. The molecular weight excluding hydrogens is 340 g/mol. The first-order chi connectivity index (χ1) is 13.2. The topological polar surface area (TPSA) is 77.2 Å². The van der Waals surface area contributed by atoms with Crippen molar-refractivity contribution in [1.29, 1.82) is 0 Å². The monoisotopic (exact) mass is 366 g/mol. The second-order valence-electron chi connectivity index (χ2n) is 6.67. The van der Waals surface area contributed by atoms with E-state index in [-0.39, 0.29) is 23.9 Å². The molecular formula is C21H26N4O2. The van der Waals surface area contributed by atoms with Crippen LogP contribution in [0.2, 0.25) is 0 Å². The molecule has 1 fully saturated rings. The number of nitrogens with one attached hydrogen (secondary N) is 3. The number of hydrogen-bond acceptors (Lipinski definition) is 3. The zero-order valence-electron chi connectivity index (χ0n) is 15.5. The SMILES string of the molecule is CCNC(=O)[C@@H]1C[C@@H](NC(=O)c2ccc[nH]2)CN1CC=Cc1ccccc1. The van der Waals surface area contributed by atoms with Crippen molar-refractivity contribution in [3.8, 4) is 0 Å². The van der Waals surface area contributed by atoms with Crippen molar-refractivity contribution in [2.75, 3.05) is 19.6 Å². The molecule has 0 saturated carbocycles. The Balaban J connectivity index is 1.63. The van der Waals surface area contributed by atoms with E-state index in [9.17, 15) is 9.59 Å². The van der Waals surface area contributed by atoms with E-state index in [0.29, 0.717) is 31.7 Å². The molecule has 142 valence electrons. The summed E-state index contributed by atoms with van der Waals surface area (Å²) in [6.45, 7) is 3.82. The fraction of sp³-hybridized carbons (Fsp3) is 0.333. The maximum Gasteiger partial charge on any atom is 0.267 e. The zero-order chi connectivity index (χ0) is 19.1. The minimum atomic E-state index is -0.237. The quantitative estimate of drug-likeness (QED) is 0.702. The highest BCUT2D eigenvalue weighted by molar-refractivity contribution is 5.92. The first-order valence-electron chi connectivity index (χ1n) is 9.35. The van der Waals surface area contributed by atoms with Crippen LogP contribution in [0.5, 0.6) is 0 Å². The van der Waals surface area contributed by atoms with Crippen LogP contribution in [0.15, 0.2) is 54.7 Å². The van der Waals surface area contributed by atoms with Gasteiger partial charge in [0, 0.05) is 31.9 Å². The molecule has 2 heterocycles. The fourth-order valence-electron chi connectivity index (χ4n) is 3.40. The van der Waals surface area contributed by atoms with Crippen LogP contribution in [-0.4, -0.2) is 53.4 Å².